The Labute approximate surface area is 299 Å². The van der Waals surface area contributed by atoms with Gasteiger partial charge in [0.15, 0.2) is 12.6 Å². The largest absolute Gasteiger partial charge is 0.508 e. The summed E-state index contributed by atoms with van der Waals surface area (Å²) in [6, 6.07) is 18.2. The SMILES string of the molecule is C.CC(C)n1nccc1-c1ncccc1COc1ccc2scnc2c1C=O.O=Cc1c(O)ccc2scnc12.Oc1ccc2scnc2c1. The molecule has 0 aliphatic carbocycles. The topological polar surface area (TPSA) is 153 Å². The van der Waals surface area contributed by atoms with E-state index < -0.39 is 0 Å². The number of phenols is 2. The van der Waals surface area contributed by atoms with Gasteiger partial charge in [-0.2, -0.15) is 5.10 Å². The molecule has 0 spiro atoms. The second-order valence-electron chi connectivity index (χ2n) is 10.7. The number of carbonyl (C=O) groups excluding carboxylic acids is 2. The number of aldehydes is 2. The van der Waals surface area contributed by atoms with Gasteiger partial charge in [0.25, 0.3) is 0 Å². The summed E-state index contributed by atoms with van der Waals surface area (Å²) >= 11 is 4.52. The van der Waals surface area contributed by atoms with Crippen molar-refractivity contribution in [2.45, 2.75) is 33.9 Å². The molecule has 0 radical (unpaired) electrons. The number of hydrogen-bond donors (Lipinski definition) is 2. The van der Waals surface area contributed by atoms with Gasteiger partial charge in [0.1, 0.15) is 23.9 Å². The minimum Gasteiger partial charge on any atom is -0.508 e. The smallest absolute Gasteiger partial charge is 0.156 e. The molecule has 8 aromatic rings. The average Bonchev–Trinajstić information content (AvgIpc) is 3.94. The number of thiazole rings is 3. The van der Waals surface area contributed by atoms with Crippen molar-refractivity contribution < 1.29 is 24.5 Å². The van der Waals surface area contributed by atoms with E-state index in [0.717, 1.165) is 42.9 Å². The summed E-state index contributed by atoms with van der Waals surface area (Å²) in [5, 5.41) is 22.7. The Morgan fingerprint density at radius 3 is 2.16 bits per heavy atom. The van der Waals surface area contributed by atoms with E-state index >= 15 is 0 Å². The van der Waals surface area contributed by atoms with Gasteiger partial charge in [-0.15, -0.1) is 34.0 Å². The zero-order valence-electron chi connectivity index (χ0n) is 26.1. The Morgan fingerprint density at radius 1 is 0.780 bits per heavy atom. The Bertz CT molecular complexity index is 2380. The van der Waals surface area contributed by atoms with Crippen LogP contribution in [0.25, 0.3) is 42.0 Å². The van der Waals surface area contributed by atoms with E-state index in [1.165, 1.54) is 28.7 Å². The maximum absolute atomic E-state index is 11.6. The Kier molecular flexibility index (Phi) is 11.6. The molecule has 0 amide bonds. The molecule has 2 N–H and O–H groups in total. The van der Waals surface area contributed by atoms with Crippen molar-refractivity contribution in [2.75, 3.05) is 0 Å². The molecule has 0 unspecified atom stereocenters. The van der Waals surface area contributed by atoms with Crippen LogP contribution < -0.4 is 4.74 Å². The number of aromatic nitrogens is 6. The second kappa shape index (κ2) is 16.2. The Morgan fingerprint density at radius 2 is 1.44 bits per heavy atom. The lowest BCUT2D eigenvalue weighted by Gasteiger charge is -2.14. The highest BCUT2D eigenvalue weighted by atomic mass is 32.1. The molecule has 0 bridgehead atoms. The number of rotatable bonds is 7. The lowest BCUT2D eigenvalue weighted by atomic mass is 10.1. The summed E-state index contributed by atoms with van der Waals surface area (Å²) < 4.78 is 10.9. The van der Waals surface area contributed by atoms with Crippen LogP contribution in [0.15, 0.2) is 89.6 Å². The van der Waals surface area contributed by atoms with E-state index in [1.807, 2.05) is 41.1 Å². The summed E-state index contributed by atoms with van der Waals surface area (Å²) in [5.74, 6) is 0.789. The third-order valence-electron chi connectivity index (χ3n) is 7.25. The highest BCUT2D eigenvalue weighted by Gasteiger charge is 2.16. The number of pyridine rings is 1. The minimum atomic E-state index is -0.0107. The van der Waals surface area contributed by atoms with Crippen LogP contribution >= 0.6 is 34.0 Å². The Hall–Kier alpha value is -5.57. The van der Waals surface area contributed by atoms with Gasteiger partial charge in [0, 0.05) is 30.1 Å². The van der Waals surface area contributed by atoms with E-state index in [2.05, 4.69) is 38.9 Å². The van der Waals surface area contributed by atoms with Gasteiger partial charge in [-0.25, -0.2) is 15.0 Å². The molecule has 3 aromatic carbocycles. The Balaban J connectivity index is 0.000000173. The molecule has 0 atom stereocenters. The predicted octanol–water partition coefficient (Wildman–Crippen LogP) is 8.98. The zero-order valence-corrected chi connectivity index (χ0v) is 28.6. The van der Waals surface area contributed by atoms with Gasteiger partial charge in [0.05, 0.1) is 69.7 Å². The first-order chi connectivity index (χ1) is 23.9. The molecular weight excluding hydrogens is 693 g/mol. The lowest BCUT2D eigenvalue weighted by Crippen LogP contribution is -2.08. The van der Waals surface area contributed by atoms with E-state index in [4.69, 9.17) is 9.84 Å². The van der Waals surface area contributed by atoms with Crippen molar-refractivity contribution in [2.24, 2.45) is 0 Å². The van der Waals surface area contributed by atoms with Crippen molar-refractivity contribution in [1.29, 1.82) is 0 Å². The summed E-state index contributed by atoms with van der Waals surface area (Å²) in [5.41, 5.74) is 10.7. The first-order valence-corrected chi connectivity index (χ1v) is 17.5. The fourth-order valence-corrected chi connectivity index (χ4v) is 6.98. The first-order valence-electron chi connectivity index (χ1n) is 14.8. The van der Waals surface area contributed by atoms with Crippen molar-refractivity contribution in [1.82, 2.24) is 29.7 Å². The van der Waals surface area contributed by atoms with Crippen LogP contribution in [0, 0.1) is 0 Å². The van der Waals surface area contributed by atoms with E-state index in [9.17, 15) is 14.7 Å². The number of carbonyl (C=O) groups is 2. The molecular formula is C36H32N6O5S3. The van der Waals surface area contributed by atoms with E-state index in [1.54, 1.807) is 58.5 Å². The number of phenolic OH excluding ortho intramolecular Hbond substituents is 2. The van der Waals surface area contributed by atoms with E-state index in [0.29, 0.717) is 35.2 Å². The van der Waals surface area contributed by atoms with Crippen molar-refractivity contribution in [3.63, 3.8) is 0 Å². The molecule has 50 heavy (non-hydrogen) atoms. The molecule has 8 rings (SSSR count). The number of ether oxygens (including phenoxy) is 1. The highest BCUT2D eigenvalue weighted by Crippen LogP contribution is 2.31. The van der Waals surface area contributed by atoms with Crippen LogP contribution in [0.3, 0.4) is 0 Å². The third-order valence-corrected chi connectivity index (χ3v) is 9.64. The van der Waals surface area contributed by atoms with Gasteiger partial charge in [-0.3, -0.25) is 19.3 Å². The summed E-state index contributed by atoms with van der Waals surface area (Å²) in [7, 11) is 0. The highest BCUT2D eigenvalue weighted by molar-refractivity contribution is 7.17. The first kappa shape index (κ1) is 35.7. The van der Waals surface area contributed by atoms with Crippen LogP contribution in [0.4, 0.5) is 0 Å². The lowest BCUT2D eigenvalue weighted by molar-refractivity contribution is 0.111. The minimum absolute atomic E-state index is 0. The maximum Gasteiger partial charge on any atom is 0.156 e. The molecule has 0 saturated heterocycles. The molecule has 254 valence electrons. The molecule has 14 heteroatoms. The number of aromatic hydroxyl groups is 2. The second-order valence-corrected chi connectivity index (χ2v) is 13.3. The van der Waals surface area contributed by atoms with Gasteiger partial charge in [0.2, 0.25) is 0 Å². The van der Waals surface area contributed by atoms with Crippen LogP contribution in [-0.4, -0.2) is 52.5 Å². The molecule has 11 nitrogen and oxygen atoms in total. The molecule has 0 saturated carbocycles. The predicted molar refractivity (Wildman–Crippen MR) is 200 cm³/mol. The average molecular weight is 725 g/mol. The maximum atomic E-state index is 11.6. The molecule has 0 fully saturated rings. The van der Waals surface area contributed by atoms with Crippen LogP contribution in [0.1, 0.15) is 53.6 Å². The molecule has 0 aliphatic rings. The van der Waals surface area contributed by atoms with Crippen molar-refractivity contribution in [3.05, 3.63) is 106 Å². The van der Waals surface area contributed by atoms with Gasteiger partial charge in [-0.1, -0.05) is 13.5 Å². The van der Waals surface area contributed by atoms with Gasteiger partial charge >= 0.3 is 0 Å². The van der Waals surface area contributed by atoms with Crippen LogP contribution in [0.2, 0.25) is 0 Å². The van der Waals surface area contributed by atoms with Gasteiger partial charge < -0.3 is 14.9 Å². The fourth-order valence-electron chi connectivity index (χ4n) is 4.93. The number of fused-ring (bicyclic) bond motifs is 3. The standard InChI is InChI=1S/C20H18N4O2S.C8H5NO2S.C7H5NOS.CH4/c1-13(2)24-16(7-9-23-24)19-14(4-3-8-21-19)11-26-17-5-6-18-20(15(17)10-25)22-12-27-18;10-3-5-6(11)1-2-7-8(5)9-4-12-7;9-5-1-2-7-6(3-5)8-4-10-7;/h3-10,12-13H,11H2,1-2H3;1-4,11H;1-4,9H;1H4. The quantitative estimate of drug-likeness (QED) is 0.152. The fraction of sp³-hybridized carbons (Fsp3) is 0.139. The summed E-state index contributed by atoms with van der Waals surface area (Å²) in [6.07, 6.45) is 4.96. The number of hydrogen-bond acceptors (Lipinski definition) is 13. The zero-order chi connectivity index (χ0) is 34.3. The summed E-state index contributed by atoms with van der Waals surface area (Å²) in [6.45, 7) is 4.45. The van der Waals surface area contributed by atoms with Crippen LogP contribution in [0.5, 0.6) is 17.2 Å². The molecule has 5 heterocycles. The number of benzene rings is 3. The summed E-state index contributed by atoms with van der Waals surface area (Å²) in [4.78, 5) is 39.0. The van der Waals surface area contributed by atoms with Crippen molar-refractivity contribution >= 4 is 77.2 Å². The third kappa shape index (κ3) is 7.67. The number of nitrogens with zero attached hydrogens (tertiary/aromatic N) is 6. The molecule has 0 aliphatic heterocycles. The van der Waals surface area contributed by atoms with Crippen LogP contribution in [-0.2, 0) is 6.61 Å². The monoisotopic (exact) mass is 724 g/mol. The van der Waals surface area contributed by atoms with E-state index in [-0.39, 0.29) is 30.5 Å². The van der Waals surface area contributed by atoms with Crippen molar-refractivity contribution in [3.8, 4) is 28.6 Å². The molecule has 5 aromatic heterocycles. The van der Waals surface area contributed by atoms with Gasteiger partial charge in [-0.05, 0) is 62.4 Å². The normalized spacial score (nSPS) is 10.6.